The van der Waals surface area contributed by atoms with Gasteiger partial charge in [0.1, 0.15) is 5.82 Å². The van der Waals surface area contributed by atoms with Gasteiger partial charge in [-0.25, -0.2) is 12.8 Å². The molecule has 7 heteroatoms. The summed E-state index contributed by atoms with van der Waals surface area (Å²) in [5.74, 6) is -0.428. The van der Waals surface area contributed by atoms with Crippen LogP contribution < -0.4 is 0 Å². The molecule has 1 aromatic carbocycles. The van der Waals surface area contributed by atoms with Gasteiger partial charge in [-0.2, -0.15) is 4.31 Å². The zero-order valence-corrected chi connectivity index (χ0v) is 13.3. The number of hydrogen-bond donors (Lipinski definition) is 0. The van der Waals surface area contributed by atoms with E-state index in [9.17, 15) is 12.8 Å². The molecular formula is C15H21FN2O3S. The van der Waals surface area contributed by atoms with Gasteiger partial charge in [-0.1, -0.05) is 0 Å². The van der Waals surface area contributed by atoms with Gasteiger partial charge in [0.25, 0.3) is 0 Å². The predicted octanol–water partition coefficient (Wildman–Crippen LogP) is 1.31. The standard InChI is InChI=1S/C15H21FN2O3S/c16-13-1-3-15(4-2-13)22(19,20)18-9-7-17(8-10-18)14-5-11-21-12-6-14/h1-4,14H,5-12H2. The lowest BCUT2D eigenvalue weighted by atomic mass is 10.1. The van der Waals surface area contributed by atoms with Gasteiger partial charge in [0.15, 0.2) is 0 Å². The van der Waals surface area contributed by atoms with Gasteiger partial charge in [0.2, 0.25) is 10.0 Å². The van der Waals surface area contributed by atoms with Crippen molar-refractivity contribution in [2.24, 2.45) is 0 Å². The zero-order chi connectivity index (χ0) is 15.6. The zero-order valence-electron chi connectivity index (χ0n) is 12.4. The molecule has 0 spiro atoms. The Kier molecular flexibility index (Phi) is 4.77. The van der Waals surface area contributed by atoms with Crippen molar-refractivity contribution >= 4 is 10.0 Å². The lowest BCUT2D eigenvalue weighted by Crippen LogP contribution is -2.52. The van der Waals surface area contributed by atoms with E-state index in [-0.39, 0.29) is 4.90 Å². The van der Waals surface area contributed by atoms with Gasteiger partial charge >= 0.3 is 0 Å². The van der Waals surface area contributed by atoms with E-state index in [0.717, 1.165) is 39.1 Å². The van der Waals surface area contributed by atoms with Crippen LogP contribution in [0.15, 0.2) is 29.2 Å². The molecule has 0 atom stereocenters. The number of halogens is 1. The molecule has 0 unspecified atom stereocenters. The molecule has 0 radical (unpaired) electrons. The number of benzene rings is 1. The molecule has 2 aliphatic heterocycles. The van der Waals surface area contributed by atoms with E-state index in [1.165, 1.54) is 28.6 Å². The van der Waals surface area contributed by atoms with Crippen LogP contribution in [0, 0.1) is 5.82 Å². The van der Waals surface area contributed by atoms with Gasteiger partial charge in [-0.15, -0.1) is 0 Å². The van der Waals surface area contributed by atoms with Gasteiger partial charge in [-0.3, -0.25) is 4.90 Å². The summed E-state index contributed by atoms with van der Waals surface area (Å²) < 4.78 is 44.9. The fraction of sp³-hybridized carbons (Fsp3) is 0.600. The molecule has 0 bridgehead atoms. The second-order valence-corrected chi connectivity index (χ2v) is 7.68. The minimum atomic E-state index is -3.52. The molecule has 5 nitrogen and oxygen atoms in total. The lowest BCUT2D eigenvalue weighted by Gasteiger charge is -2.40. The van der Waals surface area contributed by atoms with Gasteiger partial charge in [0, 0.05) is 45.4 Å². The topological polar surface area (TPSA) is 49.9 Å². The van der Waals surface area contributed by atoms with Crippen molar-refractivity contribution in [3.8, 4) is 0 Å². The molecule has 122 valence electrons. The molecule has 22 heavy (non-hydrogen) atoms. The Morgan fingerprint density at radius 1 is 1.00 bits per heavy atom. The maximum absolute atomic E-state index is 12.9. The smallest absolute Gasteiger partial charge is 0.243 e. The largest absolute Gasteiger partial charge is 0.381 e. The lowest BCUT2D eigenvalue weighted by molar-refractivity contribution is 0.0229. The summed E-state index contributed by atoms with van der Waals surface area (Å²) in [7, 11) is -3.52. The number of piperazine rings is 1. The van der Waals surface area contributed by atoms with Crippen molar-refractivity contribution in [1.29, 1.82) is 0 Å². The van der Waals surface area contributed by atoms with Crippen molar-refractivity contribution < 1.29 is 17.5 Å². The SMILES string of the molecule is O=S(=O)(c1ccc(F)cc1)N1CCN(C2CCOCC2)CC1. The van der Waals surface area contributed by atoms with Crippen LogP contribution in [0.1, 0.15) is 12.8 Å². The summed E-state index contributed by atoms with van der Waals surface area (Å²) in [6.45, 7) is 4.03. The highest BCUT2D eigenvalue weighted by molar-refractivity contribution is 7.89. The molecule has 3 rings (SSSR count). The molecule has 0 N–H and O–H groups in total. The Labute approximate surface area is 130 Å². The van der Waals surface area contributed by atoms with Crippen LogP contribution in [0.3, 0.4) is 0 Å². The Morgan fingerprint density at radius 3 is 2.18 bits per heavy atom. The molecule has 2 aliphatic rings. The average Bonchev–Trinajstić information content (AvgIpc) is 2.56. The molecule has 1 aromatic rings. The van der Waals surface area contributed by atoms with Crippen molar-refractivity contribution in [2.45, 2.75) is 23.8 Å². The van der Waals surface area contributed by atoms with E-state index in [0.29, 0.717) is 19.1 Å². The summed E-state index contributed by atoms with van der Waals surface area (Å²) in [4.78, 5) is 2.52. The van der Waals surface area contributed by atoms with E-state index in [2.05, 4.69) is 4.90 Å². The fourth-order valence-electron chi connectivity index (χ4n) is 3.12. The number of rotatable bonds is 3. The first-order chi connectivity index (χ1) is 10.6. The molecule has 0 aromatic heterocycles. The van der Waals surface area contributed by atoms with Gasteiger partial charge in [-0.05, 0) is 37.1 Å². The molecule has 2 fully saturated rings. The maximum Gasteiger partial charge on any atom is 0.243 e. The van der Waals surface area contributed by atoms with E-state index in [4.69, 9.17) is 4.74 Å². The van der Waals surface area contributed by atoms with Crippen LogP contribution in [0.25, 0.3) is 0 Å². The second kappa shape index (κ2) is 6.62. The molecule has 2 saturated heterocycles. The molecule has 0 aliphatic carbocycles. The molecule has 0 saturated carbocycles. The minimum Gasteiger partial charge on any atom is -0.381 e. The van der Waals surface area contributed by atoms with E-state index < -0.39 is 15.8 Å². The van der Waals surface area contributed by atoms with E-state index >= 15 is 0 Å². The Hall–Kier alpha value is -1.02. The van der Waals surface area contributed by atoms with E-state index in [1.54, 1.807) is 0 Å². The molecule has 2 heterocycles. The number of sulfonamides is 1. The summed E-state index contributed by atoms with van der Waals surface area (Å²) in [5, 5.41) is 0. The average molecular weight is 328 g/mol. The fourth-order valence-corrected chi connectivity index (χ4v) is 4.54. The van der Waals surface area contributed by atoms with Gasteiger partial charge < -0.3 is 4.74 Å². The predicted molar refractivity (Wildman–Crippen MR) is 80.6 cm³/mol. The van der Waals surface area contributed by atoms with Gasteiger partial charge in [0.05, 0.1) is 4.90 Å². The Balaban J connectivity index is 1.63. The quantitative estimate of drug-likeness (QED) is 0.839. The molecular weight excluding hydrogens is 307 g/mol. The maximum atomic E-state index is 12.9. The molecule has 0 amide bonds. The highest BCUT2D eigenvalue weighted by atomic mass is 32.2. The number of nitrogens with zero attached hydrogens (tertiary/aromatic N) is 2. The third kappa shape index (κ3) is 3.32. The van der Waals surface area contributed by atoms with Crippen molar-refractivity contribution in [2.75, 3.05) is 39.4 Å². The first kappa shape index (κ1) is 15.9. The van der Waals surface area contributed by atoms with Crippen LogP contribution in [0.2, 0.25) is 0 Å². The van der Waals surface area contributed by atoms with Crippen molar-refractivity contribution in [3.63, 3.8) is 0 Å². The normalized spacial score (nSPS) is 22.8. The van der Waals surface area contributed by atoms with Crippen LogP contribution in [-0.2, 0) is 14.8 Å². The first-order valence-corrected chi connectivity index (χ1v) is 9.09. The Morgan fingerprint density at radius 2 is 1.59 bits per heavy atom. The summed E-state index contributed by atoms with van der Waals surface area (Å²) in [5.41, 5.74) is 0. The Bertz CT molecular complexity index is 592. The third-order valence-electron chi connectivity index (χ3n) is 4.43. The van der Waals surface area contributed by atoms with Crippen LogP contribution in [0.4, 0.5) is 4.39 Å². The number of ether oxygens (including phenoxy) is 1. The van der Waals surface area contributed by atoms with Crippen LogP contribution in [0.5, 0.6) is 0 Å². The highest BCUT2D eigenvalue weighted by Crippen LogP contribution is 2.21. The number of hydrogen-bond acceptors (Lipinski definition) is 4. The monoisotopic (exact) mass is 328 g/mol. The summed E-state index contributed by atoms with van der Waals surface area (Å²) >= 11 is 0. The first-order valence-electron chi connectivity index (χ1n) is 7.65. The highest BCUT2D eigenvalue weighted by Gasteiger charge is 2.31. The van der Waals surface area contributed by atoms with Crippen molar-refractivity contribution in [3.05, 3.63) is 30.1 Å². The second-order valence-electron chi connectivity index (χ2n) is 5.74. The minimum absolute atomic E-state index is 0.161. The van der Waals surface area contributed by atoms with E-state index in [1.807, 2.05) is 0 Å². The van der Waals surface area contributed by atoms with Crippen LogP contribution >= 0.6 is 0 Å². The van der Waals surface area contributed by atoms with Crippen LogP contribution in [-0.4, -0.2) is 63.1 Å². The summed E-state index contributed by atoms with van der Waals surface area (Å²) in [6, 6.07) is 5.53. The summed E-state index contributed by atoms with van der Waals surface area (Å²) in [6.07, 6.45) is 2.04. The van der Waals surface area contributed by atoms with Crippen molar-refractivity contribution in [1.82, 2.24) is 9.21 Å². The third-order valence-corrected chi connectivity index (χ3v) is 6.34.